The molecule has 0 saturated carbocycles. The van der Waals surface area contributed by atoms with Crippen LogP contribution in [0.15, 0.2) is 59.1 Å². The molecule has 33 heavy (non-hydrogen) atoms. The highest BCUT2D eigenvalue weighted by atomic mass is 32.2. The topological polar surface area (TPSA) is 79.8 Å². The lowest BCUT2D eigenvalue weighted by Gasteiger charge is -2.47. The molecule has 0 amide bonds. The molecule has 2 fully saturated rings. The van der Waals surface area contributed by atoms with Crippen molar-refractivity contribution in [3.05, 3.63) is 65.5 Å². The van der Waals surface area contributed by atoms with Crippen molar-refractivity contribution >= 4 is 21.9 Å². The second kappa shape index (κ2) is 9.46. The SMILES string of the molecule is Cc1ccc(S(=O)(=O)N2CC(=Cc3ccccn3)C(=O)C(C)(C)C2CN2CCOCC2)cc1. The van der Waals surface area contributed by atoms with Crippen LogP contribution in [-0.4, -0.2) is 73.8 Å². The van der Waals surface area contributed by atoms with Crippen molar-refractivity contribution in [2.24, 2.45) is 5.41 Å². The summed E-state index contributed by atoms with van der Waals surface area (Å²) < 4.78 is 34.7. The average molecular weight is 470 g/mol. The van der Waals surface area contributed by atoms with Crippen LogP contribution in [0, 0.1) is 12.3 Å². The number of pyridine rings is 1. The number of carbonyl (C=O) groups excluding carboxylic acids is 1. The maximum atomic E-state index is 13.9. The van der Waals surface area contributed by atoms with Gasteiger partial charge in [0.2, 0.25) is 10.0 Å². The molecule has 176 valence electrons. The van der Waals surface area contributed by atoms with Crippen LogP contribution < -0.4 is 0 Å². The summed E-state index contributed by atoms with van der Waals surface area (Å²) in [5.74, 6) is -0.0400. The van der Waals surface area contributed by atoms with Crippen molar-refractivity contribution in [3.8, 4) is 0 Å². The largest absolute Gasteiger partial charge is 0.379 e. The lowest BCUT2D eigenvalue weighted by atomic mass is 9.74. The first-order valence-electron chi connectivity index (χ1n) is 11.2. The van der Waals surface area contributed by atoms with Gasteiger partial charge in [0.1, 0.15) is 0 Å². The molecule has 1 atom stereocenters. The second-order valence-corrected chi connectivity index (χ2v) is 11.2. The Kier molecular flexibility index (Phi) is 6.81. The van der Waals surface area contributed by atoms with Crippen LogP contribution >= 0.6 is 0 Å². The summed E-state index contributed by atoms with van der Waals surface area (Å²) in [7, 11) is -3.84. The molecule has 0 radical (unpaired) electrons. The maximum Gasteiger partial charge on any atom is 0.243 e. The smallest absolute Gasteiger partial charge is 0.243 e. The van der Waals surface area contributed by atoms with E-state index in [1.807, 2.05) is 32.9 Å². The molecule has 8 heteroatoms. The van der Waals surface area contributed by atoms with Crippen LogP contribution in [0.25, 0.3) is 6.08 Å². The molecule has 0 aliphatic carbocycles. The van der Waals surface area contributed by atoms with Crippen LogP contribution in [0.1, 0.15) is 25.1 Å². The number of benzene rings is 1. The quantitative estimate of drug-likeness (QED) is 0.627. The number of rotatable bonds is 5. The van der Waals surface area contributed by atoms with Crippen molar-refractivity contribution in [2.75, 3.05) is 39.4 Å². The number of carbonyl (C=O) groups is 1. The molecule has 2 aliphatic rings. The summed E-state index contributed by atoms with van der Waals surface area (Å²) in [6.45, 7) is 8.77. The van der Waals surface area contributed by atoms with Gasteiger partial charge in [-0.1, -0.05) is 37.6 Å². The molecule has 2 aromatic rings. The molecule has 1 aromatic carbocycles. The van der Waals surface area contributed by atoms with Gasteiger partial charge in [0, 0.05) is 43.4 Å². The molecular formula is C25H31N3O4S. The van der Waals surface area contributed by atoms with Gasteiger partial charge in [-0.15, -0.1) is 0 Å². The highest BCUT2D eigenvalue weighted by Gasteiger charge is 2.50. The fourth-order valence-electron chi connectivity index (χ4n) is 4.47. The summed E-state index contributed by atoms with van der Waals surface area (Å²) in [6, 6.07) is 11.8. The Balaban J connectivity index is 1.77. The third-order valence-electron chi connectivity index (χ3n) is 6.56. The molecule has 2 saturated heterocycles. The highest BCUT2D eigenvalue weighted by molar-refractivity contribution is 7.89. The number of ketones is 1. The summed E-state index contributed by atoms with van der Waals surface area (Å²) in [6.07, 6.45) is 3.37. The first kappa shape index (κ1) is 23.8. The molecule has 4 rings (SSSR count). The minimum Gasteiger partial charge on any atom is -0.379 e. The van der Waals surface area contributed by atoms with Crippen LogP contribution in [0.5, 0.6) is 0 Å². The number of ether oxygens (including phenoxy) is 1. The molecule has 1 aromatic heterocycles. The number of morpholine rings is 1. The van der Waals surface area contributed by atoms with Crippen molar-refractivity contribution in [3.63, 3.8) is 0 Å². The first-order chi connectivity index (χ1) is 15.7. The Morgan fingerprint density at radius 2 is 1.82 bits per heavy atom. The lowest BCUT2D eigenvalue weighted by Crippen LogP contribution is -2.61. The minimum absolute atomic E-state index is 0.0179. The van der Waals surface area contributed by atoms with E-state index in [2.05, 4.69) is 9.88 Å². The monoisotopic (exact) mass is 469 g/mol. The Labute approximate surface area is 196 Å². The minimum atomic E-state index is -3.84. The predicted molar refractivity (Wildman–Crippen MR) is 127 cm³/mol. The van der Waals surface area contributed by atoms with Crippen molar-refractivity contribution in [1.29, 1.82) is 0 Å². The van der Waals surface area contributed by atoms with E-state index in [1.165, 1.54) is 4.31 Å². The fraction of sp³-hybridized carbons (Fsp3) is 0.440. The molecule has 2 aliphatic heterocycles. The Bertz CT molecular complexity index is 1120. The summed E-state index contributed by atoms with van der Waals surface area (Å²) in [5, 5.41) is 0. The van der Waals surface area contributed by atoms with E-state index in [0.717, 1.165) is 18.7 Å². The Hall–Kier alpha value is -2.39. The molecular weight excluding hydrogens is 438 g/mol. The van der Waals surface area contributed by atoms with Crippen LogP contribution in [0.4, 0.5) is 0 Å². The Morgan fingerprint density at radius 1 is 1.12 bits per heavy atom. The highest BCUT2D eigenvalue weighted by Crippen LogP contribution is 2.39. The van der Waals surface area contributed by atoms with E-state index >= 15 is 0 Å². The molecule has 7 nitrogen and oxygen atoms in total. The standard InChI is InChI=1S/C25H31N3O4S/c1-19-7-9-22(10-8-19)33(30,31)28-17-20(16-21-6-4-5-11-26-21)24(29)25(2,3)23(28)18-27-12-14-32-15-13-27/h4-11,16,23H,12-15,17-18H2,1-3H3. The van der Waals surface area contributed by atoms with Crippen LogP contribution in [0.3, 0.4) is 0 Å². The number of nitrogens with zero attached hydrogens (tertiary/aromatic N) is 3. The van der Waals surface area contributed by atoms with Gasteiger partial charge in [-0.2, -0.15) is 4.31 Å². The molecule has 0 bridgehead atoms. The van der Waals surface area contributed by atoms with Crippen molar-refractivity contribution in [2.45, 2.75) is 31.7 Å². The van der Waals surface area contributed by atoms with E-state index < -0.39 is 21.5 Å². The normalized spacial score (nSPS) is 23.7. The molecule has 0 N–H and O–H groups in total. The molecule has 0 spiro atoms. The fourth-order valence-corrected chi connectivity index (χ4v) is 6.20. The van der Waals surface area contributed by atoms with Gasteiger partial charge >= 0.3 is 0 Å². The number of hydrogen-bond acceptors (Lipinski definition) is 6. The van der Waals surface area contributed by atoms with Gasteiger partial charge in [-0.3, -0.25) is 14.7 Å². The van der Waals surface area contributed by atoms with Gasteiger partial charge in [-0.25, -0.2) is 8.42 Å². The van der Waals surface area contributed by atoms with E-state index in [9.17, 15) is 13.2 Å². The number of aromatic nitrogens is 1. The van der Waals surface area contributed by atoms with E-state index in [0.29, 0.717) is 31.0 Å². The van der Waals surface area contributed by atoms with Gasteiger partial charge in [0.05, 0.1) is 29.8 Å². The van der Waals surface area contributed by atoms with Crippen molar-refractivity contribution < 1.29 is 17.9 Å². The number of sulfonamides is 1. The first-order valence-corrected chi connectivity index (χ1v) is 12.7. The van der Waals surface area contributed by atoms with Crippen molar-refractivity contribution in [1.82, 2.24) is 14.2 Å². The van der Waals surface area contributed by atoms with E-state index in [-0.39, 0.29) is 17.2 Å². The van der Waals surface area contributed by atoms with E-state index in [1.54, 1.807) is 42.6 Å². The van der Waals surface area contributed by atoms with Gasteiger partial charge in [-0.05, 0) is 37.3 Å². The number of piperidine rings is 1. The average Bonchev–Trinajstić information content (AvgIpc) is 2.80. The third kappa shape index (κ3) is 4.94. The third-order valence-corrected chi connectivity index (χ3v) is 8.42. The van der Waals surface area contributed by atoms with Gasteiger partial charge < -0.3 is 4.74 Å². The predicted octanol–water partition coefficient (Wildman–Crippen LogP) is 2.77. The molecule has 1 unspecified atom stereocenters. The zero-order valence-electron chi connectivity index (χ0n) is 19.4. The number of aryl methyl sites for hydroxylation is 1. The Morgan fingerprint density at radius 3 is 2.45 bits per heavy atom. The number of hydrogen-bond donors (Lipinski definition) is 0. The van der Waals surface area contributed by atoms with Crippen LogP contribution in [0.2, 0.25) is 0 Å². The lowest BCUT2D eigenvalue weighted by molar-refractivity contribution is -0.129. The second-order valence-electron chi connectivity index (χ2n) is 9.27. The summed E-state index contributed by atoms with van der Waals surface area (Å²) >= 11 is 0. The zero-order chi connectivity index (χ0) is 23.6. The van der Waals surface area contributed by atoms with Gasteiger partial charge in [0.25, 0.3) is 0 Å². The maximum absolute atomic E-state index is 13.9. The summed E-state index contributed by atoms with van der Waals surface area (Å²) in [5.41, 5.74) is 1.17. The van der Waals surface area contributed by atoms with Crippen LogP contribution in [-0.2, 0) is 19.6 Å². The summed E-state index contributed by atoms with van der Waals surface area (Å²) in [4.78, 5) is 20.3. The molecule has 3 heterocycles. The zero-order valence-corrected chi connectivity index (χ0v) is 20.2. The number of Topliss-reactive ketones (excluding diaryl/α,β-unsaturated/α-hetero) is 1. The van der Waals surface area contributed by atoms with Gasteiger partial charge in [0.15, 0.2) is 5.78 Å². The van der Waals surface area contributed by atoms with E-state index in [4.69, 9.17) is 4.74 Å².